The first-order chi connectivity index (χ1) is 16.7. The van der Waals surface area contributed by atoms with Crippen molar-refractivity contribution >= 4 is 29.2 Å². The Morgan fingerprint density at radius 3 is 2.37 bits per heavy atom. The number of aromatic nitrogens is 3. The summed E-state index contributed by atoms with van der Waals surface area (Å²) >= 11 is 12.8. The molecule has 0 aliphatic rings. The minimum absolute atomic E-state index is 0.0727. The largest absolute Gasteiger partial charge is 0.478 e. The van der Waals surface area contributed by atoms with Gasteiger partial charge in [-0.2, -0.15) is 0 Å². The maximum absolute atomic E-state index is 11.0. The summed E-state index contributed by atoms with van der Waals surface area (Å²) in [6.45, 7) is 5.91. The van der Waals surface area contributed by atoms with Crippen molar-refractivity contribution in [1.29, 1.82) is 0 Å². The van der Waals surface area contributed by atoms with Crippen molar-refractivity contribution in [2.75, 3.05) is 0 Å². The Labute approximate surface area is 211 Å². The lowest BCUT2D eigenvalue weighted by molar-refractivity contribution is 0.0697. The van der Waals surface area contributed by atoms with E-state index in [0.29, 0.717) is 38.2 Å². The van der Waals surface area contributed by atoms with Gasteiger partial charge >= 0.3 is 5.97 Å². The average Bonchev–Trinajstić information content (AvgIpc) is 3.23. The zero-order valence-corrected chi connectivity index (χ0v) is 20.6. The second-order valence-corrected chi connectivity index (χ2v) is 8.83. The second kappa shape index (κ2) is 10.3. The van der Waals surface area contributed by atoms with E-state index >= 15 is 0 Å². The van der Waals surface area contributed by atoms with Gasteiger partial charge in [-0.1, -0.05) is 48.3 Å². The van der Waals surface area contributed by atoms with Crippen LogP contribution in [0, 0.1) is 6.92 Å². The highest BCUT2D eigenvalue weighted by atomic mass is 35.5. The topological polar surface area (TPSA) is 108 Å². The van der Waals surface area contributed by atoms with Gasteiger partial charge in [0.25, 0.3) is 0 Å². The molecular weight excluding hydrogens is 493 g/mol. The second-order valence-electron chi connectivity index (χ2n) is 8.02. The number of hydrogen-bond acceptors (Lipinski definition) is 7. The normalized spacial score (nSPS) is 11.0. The SMILES string of the molecule is Cc1cc(OCc2c(C(C)C)noc2-c2c(Cl)cccc2Cl)nnc1Oc1ccc(C(=O)O)cc1. The third kappa shape index (κ3) is 5.39. The molecule has 0 saturated heterocycles. The summed E-state index contributed by atoms with van der Waals surface area (Å²) < 4.78 is 17.3. The van der Waals surface area contributed by atoms with Crippen molar-refractivity contribution in [3.63, 3.8) is 0 Å². The van der Waals surface area contributed by atoms with Crippen molar-refractivity contribution in [1.82, 2.24) is 15.4 Å². The predicted octanol–water partition coefficient (Wildman–Crippen LogP) is 6.94. The summed E-state index contributed by atoms with van der Waals surface area (Å²) in [4.78, 5) is 11.0. The first-order valence-corrected chi connectivity index (χ1v) is 11.4. The number of benzene rings is 2. The van der Waals surface area contributed by atoms with Crippen LogP contribution in [0.3, 0.4) is 0 Å². The van der Waals surface area contributed by atoms with Crippen LogP contribution in [0.2, 0.25) is 10.0 Å². The number of halogens is 2. The molecule has 0 atom stereocenters. The van der Waals surface area contributed by atoms with Gasteiger partial charge in [-0.05, 0) is 49.2 Å². The molecule has 0 bridgehead atoms. The highest BCUT2D eigenvalue weighted by Gasteiger charge is 2.24. The lowest BCUT2D eigenvalue weighted by atomic mass is 10.0. The quantitative estimate of drug-likeness (QED) is 0.269. The molecule has 0 fully saturated rings. The molecule has 10 heteroatoms. The van der Waals surface area contributed by atoms with E-state index in [1.165, 1.54) is 12.1 Å². The van der Waals surface area contributed by atoms with E-state index in [-0.39, 0.29) is 29.8 Å². The average molecular weight is 514 g/mol. The summed E-state index contributed by atoms with van der Waals surface area (Å²) in [6, 6.07) is 12.9. The van der Waals surface area contributed by atoms with E-state index in [9.17, 15) is 4.79 Å². The maximum atomic E-state index is 11.0. The van der Waals surface area contributed by atoms with Crippen molar-refractivity contribution in [3.05, 3.63) is 81.0 Å². The van der Waals surface area contributed by atoms with E-state index in [1.807, 2.05) is 13.8 Å². The number of carboxylic acids is 1. The molecule has 0 unspecified atom stereocenters. The molecule has 0 saturated carbocycles. The van der Waals surface area contributed by atoms with Crippen LogP contribution in [0.15, 0.2) is 53.1 Å². The first kappa shape index (κ1) is 24.5. The number of hydrogen-bond donors (Lipinski definition) is 1. The number of rotatable bonds is 8. The van der Waals surface area contributed by atoms with E-state index in [2.05, 4.69) is 15.4 Å². The van der Waals surface area contributed by atoms with Gasteiger partial charge in [-0.15, -0.1) is 10.2 Å². The third-order valence-corrected chi connectivity index (χ3v) is 5.78. The van der Waals surface area contributed by atoms with Crippen LogP contribution in [0.5, 0.6) is 17.5 Å². The van der Waals surface area contributed by atoms with Gasteiger partial charge in [-0.25, -0.2) is 4.79 Å². The van der Waals surface area contributed by atoms with E-state index in [4.69, 9.17) is 42.3 Å². The number of aryl methyl sites for hydroxylation is 1. The number of carboxylic acid groups (broad SMARTS) is 1. The summed E-state index contributed by atoms with van der Waals surface area (Å²) in [6.07, 6.45) is 0. The Bertz CT molecular complexity index is 1350. The van der Waals surface area contributed by atoms with Gasteiger partial charge in [0.2, 0.25) is 11.8 Å². The fourth-order valence-electron chi connectivity index (χ4n) is 3.37. The van der Waals surface area contributed by atoms with Crippen molar-refractivity contribution in [2.45, 2.75) is 33.3 Å². The molecule has 8 nitrogen and oxygen atoms in total. The Morgan fingerprint density at radius 2 is 1.77 bits per heavy atom. The van der Waals surface area contributed by atoms with Gasteiger partial charge in [0, 0.05) is 11.6 Å². The lowest BCUT2D eigenvalue weighted by Gasteiger charge is -2.11. The molecule has 2 aromatic heterocycles. The van der Waals surface area contributed by atoms with Gasteiger partial charge < -0.3 is 19.1 Å². The number of ether oxygens (including phenoxy) is 2. The predicted molar refractivity (Wildman–Crippen MR) is 131 cm³/mol. The fraction of sp³-hybridized carbons (Fsp3) is 0.200. The standard InChI is InChI=1S/C25H21Cl2N3O5/c1-13(2)22-17(23(35-30-22)21-18(26)5-4-6-19(21)27)12-33-20-11-14(3)24(29-28-20)34-16-9-7-15(8-10-16)25(31)32/h4-11,13H,12H2,1-3H3,(H,31,32). The minimum atomic E-state index is -1.01. The molecule has 0 spiro atoms. The molecule has 0 amide bonds. The highest BCUT2D eigenvalue weighted by Crippen LogP contribution is 2.39. The maximum Gasteiger partial charge on any atom is 0.335 e. The monoisotopic (exact) mass is 513 g/mol. The molecule has 2 heterocycles. The van der Waals surface area contributed by atoms with Gasteiger partial charge in [0.05, 0.1) is 32.4 Å². The minimum Gasteiger partial charge on any atom is -0.478 e. The van der Waals surface area contributed by atoms with Gasteiger partial charge in [0.1, 0.15) is 12.4 Å². The molecule has 0 aliphatic heterocycles. The van der Waals surface area contributed by atoms with Gasteiger partial charge in [-0.3, -0.25) is 0 Å². The van der Waals surface area contributed by atoms with E-state index in [0.717, 1.165) is 5.69 Å². The Kier molecular flexibility index (Phi) is 7.23. The molecule has 4 rings (SSSR count). The molecule has 0 radical (unpaired) electrons. The Hall–Kier alpha value is -3.62. The number of aromatic carboxylic acids is 1. The molecule has 0 aliphatic carbocycles. The lowest BCUT2D eigenvalue weighted by Crippen LogP contribution is -2.04. The van der Waals surface area contributed by atoms with E-state index < -0.39 is 5.97 Å². The molecule has 2 aromatic carbocycles. The summed E-state index contributed by atoms with van der Waals surface area (Å²) in [5.41, 5.74) is 2.84. The first-order valence-electron chi connectivity index (χ1n) is 10.7. The Balaban J connectivity index is 1.54. The third-order valence-electron chi connectivity index (χ3n) is 5.15. The van der Waals surface area contributed by atoms with Crippen molar-refractivity contribution in [3.8, 4) is 28.8 Å². The van der Waals surface area contributed by atoms with Crippen LogP contribution in [-0.4, -0.2) is 26.4 Å². The molecule has 4 aromatic rings. The smallest absolute Gasteiger partial charge is 0.335 e. The van der Waals surface area contributed by atoms with E-state index in [1.54, 1.807) is 43.3 Å². The van der Waals surface area contributed by atoms with Crippen molar-refractivity contribution in [2.24, 2.45) is 0 Å². The summed E-state index contributed by atoms with van der Waals surface area (Å²) in [7, 11) is 0. The molecular formula is C25H21Cl2N3O5. The van der Waals surface area contributed by atoms with Crippen LogP contribution in [0.1, 0.15) is 46.9 Å². The number of nitrogens with zero attached hydrogens (tertiary/aromatic N) is 3. The fourth-order valence-corrected chi connectivity index (χ4v) is 3.94. The van der Waals surface area contributed by atoms with Crippen LogP contribution in [-0.2, 0) is 6.61 Å². The van der Waals surface area contributed by atoms with Crippen molar-refractivity contribution < 1.29 is 23.9 Å². The summed E-state index contributed by atoms with van der Waals surface area (Å²) in [5.74, 6) is 0.498. The van der Waals surface area contributed by atoms with Crippen LogP contribution in [0.4, 0.5) is 0 Å². The van der Waals surface area contributed by atoms with Crippen LogP contribution >= 0.6 is 23.2 Å². The van der Waals surface area contributed by atoms with Crippen LogP contribution in [0.25, 0.3) is 11.3 Å². The molecule has 180 valence electrons. The molecule has 35 heavy (non-hydrogen) atoms. The van der Waals surface area contributed by atoms with Gasteiger partial charge in [0.15, 0.2) is 5.76 Å². The summed E-state index contributed by atoms with van der Waals surface area (Å²) in [5, 5.41) is 22.3. The number of carbonyl (C=O) groups is 1. The van der Waals surface area contributed by atoms with Crippen LogP contribution < -0.4 is 9.47 Å². The molecule has 1 N–H and O–H groups in total. The zero-order valence-electron chi connectivity index (χ0n) is 19.1. The zero-order chi connectivity index (χ0) is 25.1. The highest BCUT2D eigenvalue weighted by molar-refractivity contribution is 6.39. The Morgan fingerprint density at radius 1 is 1.09 bits per heavy atom.